The highest BCUT2D eigenvalue weighted by molar-refractivity contribution is 8.00. The van der Waals surface area contributed by atoms with Crippen molar-refractivity contribution in [2.75, 3.05) is 7.11 Å². The fraction of sp³-hybridized carbons (Fsp3) is 0.211. The number of carbonyl (C=O) groups is 1. The van der Waals surface area contributed by atoms with Crippen molar-refractivity contribution in [1.82, 2.24) is 15.5 Å². The predicted octanol–water partition coefficient (Wildman–Crippen LogP) is 3.68. The molecule has 3 rings (SSSR count). The number of carbonyl (C=O) groups excluding carboxylic acids is 1. The van der Waals surface area contributed by atoms with Gasteiger partial charge in [0.25, 0.3) is 5.22 Å². The first-order valence-corrected chi connectivity index (χ1v) is 9.10. The molecule has 0 fully saturated rings. The molecule has 6 nitrogen and oxygen atoms in total. The van der Waals surface area contributed by atoms with E-state index in [1.165, 1.54) is 23.9 Å². The van der Waals surface area contributed by atoms with Crippen LogP contribution in [-0.4, -0.2) is 28.5 Å². The van der Waals surface area contributed by atoms with Crippen LogP contribution in [-0.2, 0) is 11.3 Å². The normalized spacial score (nSPS) is 11.8. The minimum absolute atomic E-state index is 0.141. The lowest BCUT2D eigenvalue weighted by molar-refractivity contribution is -0.120. The zero-order valence-corrected chi connectivity index (χ0v) is 15.6. The Labute approximate surface area is 160 Å². The summed E-state index contributed by atoms with van der Waals surface area (Å²) >= 11 is 1.17. The van der Waals surface area contributed by atoms with Crippen molar-refractivity contribution in [3.63, 3.8) is 0 Å². The maximum Gasteiger partial charge on any atom is 0.277 e. The quantitative estimate of drug-likeness (QED) is 0.623. The van der Waals surface area contributed by atoms with Crippen LogP contribution in [0.5, 0.6) is 5.75 Å². The molecule has 8 heteroatoms. The second kappa shape index (κ2) is 8.68. The van der Waals surface area contributed by atoms with Crippen molar-refractivity contribution in [3.05, 3.63) is 59.9 Å². The number of thioether (sulfide) groups is 1. The Morgan fingerprint density at radius 2 is 1.89 bits per heavy atom. The SMILES string of the molecule is COc1ccc(CNC(=O)[C@H](C)Sc2nnc(-c3ccc(F)cc3)o2)cc1. The van der Waals surface area contributed by atoms with E-state index in [0.29, 0.717) is 12.1 Å². The van der Waals surface area contributed by atoms with E-state index in [0.717, 1.165) is 11.3 Å². The third-order valence-corrected chi connectivity index (χ3v) is 4.70. The molecule has 27 heavy (non-hydrogen) atoms. The average Bonchev–Trinajstić information content (AvgIpc) is 3.15. The second-order valence-electron chi connectivity index (χ2n) is 5.71. The smallest absolute Gasteiger partial charge is 0.277 e. The van der Waals surface area contributed by atoms with Crippen LogP contribution >= 0.6 is 11.8 Å². The van der Waals surface area contributed by atoms with Gasteiger partial charge in [0.2, 0.25) is 11.8 Å². The van der Waals surface area contributed by atoms with Gasteiger partial charge >= 0.3 is 0 Å². The van der Waals surface area contributed by atoms with Crippen LogP contribution in [0.3, 0.4) is 0 Å². The number of ether oxygens (including phenoxy) is 1. The van der Waals surface area contributed by atoms with Crippen LogP contribution in [0.25, 0.3) is 11.5 Å². The van der Waals surface area contributed by atoms with Gasteiger partial charge in [0, 0.05) is 12.1 Å². The molecule has 140 valence electrons. The Hall–Kier alpha value is -2.87. The first-order chi connectivity index (χ1) is 13.0. The number of halogens is 1. The number of hydrogen-bond donors (Lipinski definition) is 1. The number of rotatable bonds is 7. The lowest BCUT2D eigenvalue weighted by atomic mass is 10.2. The molecule has 0 spiro atoms. The Bertz CT molecular complexity index is 897. The molecule has 0 saturated heterocycles. The van der Waals surface area contributed by atoms with Gasteiger partial charge in [0.1, 0.15) is 11.6 Å². The number of nitrogens with zero attached hydrogens (tertiary/aromatic N) is 2. The molecule has 0 aliphatic rings. The third-order valence-electron chi connectivity index (χ3n) is 3.77. The average molecular weight is 387 g/mol. The Kier molecular flexibility index (Phi) is 6.08. The molecule has 1 amide bonds. The van der Waals surface area contributed by atoms with Gasteiger partial charge in [-0.25, -0.2) is 4.39 Å². The maximum absolute atomic E-state index is 13.0. The van der Waals surface area contributed by atoms with Crippen LogP contribution in [0.1, 0.15) is 12.5 Å². The monoisotopic (exact) mass is 387 g/mol. The lowest BCUT2D eigenvalue weighted by Crippen LogP contribution is -2.30. The van der Waals surface area contributed by atoms with Crippen molar-refractivity contribution >= 4 is 17.7 Å². The summed E-state index contributed by atoms with van der Waals surface area (Å²) in [6, 6.07) is 13.2. The van der Waals surface area contributed by atoms with E-state index in [1.807, 2.05) is 24.3 Å². The summed E-state index contributed by atoms with van der Waals surface area (Å²) in [6.45, 7) is 2.17. The van der Waals surface area contributed by atoms with E-state index in [-0.39, 0.29) is 22.8 Å². The van der Waals surface area contributed by atoms with Crippen LogP contribution in [0.15, 0.2) is 58.2 Å². The standard InChI is InChI=1S/C19H18FN3O3S/c1-12(17(24)21-11-13-3-9-16(25-2)10-4-13)27-19-23-22-18(26-19)14-5-7-15(20)8-6-14/h3-10,12H,11H2,1-2H3,(H,21,24)/t12-/m0/s1. The minimum Gasteiger partial charge on any atom is -0.497 e. The summed E-state index contributed by atoms with van der Waals surface area (Å²) in [5, 5.41) is 10.6. The van der Waals surface area contributed by atoms with Gasteiger partial charge in [-0.2, -0.15) is 0 Å². The van der Waals surface area contributed by atoms with E-state index in [2.05, 4.69) is 15.5 Å². The highest BCUT2D eigenvalue weighted by Gasteiger charge is 2.18. The topological polar surface area (TPSA) is 77.2 Å². The summed E-state index contributed by atoms with van der Waals surface area (Å²) in [5.74, 6) is 0.568. The summed E-state index contributed by atoms with van der Waals surface area (Å²) < 4.78 is 23.6. The molecular weight excluding hydrogens is 369 g/mol. The van der Waals surface area contributed by atoms with Crippen LogP contribution in [0.4, 0.5) is 4.39 Å². The van der Waals surface area contributed by atoms with Crippen molar-refractivity contribution in [1.29, 1.82) is 0 Å². The zero-order valence-electron chi connectivity index (χ0n) is 14.8. The molecule has 0 unspecified atom stereocenters. The lowest BCUT2D eigenvalue weighted by Gasteiger charge is -2.10. The summed E-state index contributed by atoms with van der Waals surface area (Å²) in [6.07, 6.45) is 0. The molecule has 2 aromatic carbocycles. The molecular formula is C19H18FN3O3S. The number of benzene rings is 2. The van der Waals surface area contributed by atoms with E-state index in [1.54, 1.807) is 26.2 Å². The van der Waals surface area contributed by atoms with Crippen LogP contribution < -0.4 is 10.1 Å². The molecule has 1 heterocycles. The van der Waals surface area contributed by atoms with Gasteiger partial charge in [-0.1, -0.05) is 23.9 Å². The van der Waals surface area contributed by atoms with Gasteiger partial charge in [-0.15, -0.1) is 10.2 Å². The Balaban J connectivity index is 1.54. The van der Waals surface area contributed by atoms with Gasteiger partial charge in [-0.05, 0) is 48.9 Å². The second-order valence-corrected chi connectivity index (χ2v) is 7.00. The largest absolute Gasteiger partial charge is 0.497 e. The summed E-state index contributed by atoms with van der Waals surface area (Å²) in [4.78, 5) is 12.3. The molecule has 1 N–H and O–H groups in total. The van der Waals surface area contributed by atoms with Crippen LogP contribution in [0, 0.1) is 5.82 Å². The highest BCUT2D eigenvalue weighted by Crippen LogP contribution is 2.26. The van der Waals surface area contributed by atoms with Crippen molar-refractivity contribution < 1.29 is 18.3 Å². The van der Waals surface area contributed by atoms with E-state index < -0.39 is 5.25 Å². The van der Waals surface area contributed by atoms with E-state index in [4.69, 9.17) is 9.15 Å². The highest BCUT2D eigenvalue weighted by atomic mass is 32.2. The van der Waals surface area contributed by atoms with E-state index in [9.17, 15) is 9.18 Å². The molecule has 0 bridgehead atoms. The van der Waals surface area contributed by atoms with E-state index >= 15 is 0 Å². The van der Waals surface area contributed by atoms with Gasteiger partial charge < -0.3 is 14.5 Å². The molecule has 3 aromatic rings. The molecule has 0 radical (unpaired) electrons. The number of aromatic nitrogens is 2. The third kappa shape index (κ3) is 5.07. The number of amides is 1. The first kappa shape index (κ1) is 18.9. The first-order valence-electron chi connectivity index (χ1n) is 8.22. The fourth-order valence-electron chi connectivity index (χ4n) is 2.25. The number of methoxy groups -OCH3 is 1. The van der Waals surface area contributed by atoms with Crippen molar-refractivity contribution in [3.8, 4) is 17.2 Å². The molecule has 0 saturated carbocycles. The number of nitrogens with one attached hydrogen (secondary N) is 1. The Morgan fingerprint density at radius 1 is 1.19 bits per heavy atom. The van der Waals surface area contributed by atoms with Gasteiger partial charge in [0.05, 0.1) is 12.4 Å². The summed E-state index contributed by atoms with van der Waals surface area (Å²) in [5.41, 5.74) is 1.59. The zero-order chi connectivity index (χ0) is 19.2. The maximum atomic E-state index is 13.0. The molecule has 1 aromatic heterocycles. The van der Waals surface area contributed by atoms with Gasteiger partial charge in [-0.3, -0.25) is 4.79 Å². The molecule has 0 aliphatic carbocycles. The number of hydrogen-bond acceptors (Lipinski definition) is 6. The summed E-state index contributed by atoms with van der Waals surface area (Å²) in [7, 11) is 1.61. The molecule has 0 aliphatic heterocycles. The fourth-order valence-corrected chi connectivity index (χ4v) is 2.96. The Morgan fingerprint density at radius 3 is 2.56 bits per heavy atom. The molecule has 1 atom stereocenters. The van der Waals surface area contributed by atoms with Crippen molar-refractivity contribution in [2.45, 2.75) is 23.9 Å². The predicted molar refractivity (Wildman–Crippen MR) is 99.9 cm³/mol. The van der Waals surface area contributed by atoms with Gasteiger partial charge in [0.15, 0.2) is 0 Å². The van der Waals surface area contributed by atoms with Crippen molar-refractivity contribution in [2.24, 2.45) is 0 Å². The van der Waals surface area contributed by atoms with Crippen LogP contribution in [0.2, 0.25) is 0 Å². The minimum atomic E-state index is -0.412.